The molecule has 144 valence electrons. The molecule has 8 heteroatoms. The first-order chi connectivity index (χ1) is 13.0. The Balaban J connectivity index is 1.70. The minimum Gasteiger partial charge on any atom is -0.480 e. The van der Waals surface area contributed by atoms with Gasteiger partial charge in [-0.05, 0) is 18.9 Å². The molecular weight excluding hydrogens is 346 g/mol. The zero-order valence-electron chi connectivity index (χ0n) is 15.6. The quantitative estimate of drug-likeness (QED) is 0.765. The Kier molecular flexibility index (Phi) is 5.85. The van der Waals surface area contributed by atoms with Gasteiger partial charge in [-0.1, -0.05) is 43.7 Å². The van der Waals surface area contributed by atoms with Gasteiger partial charge >= 0.3 is 5.97 Å². The second-order valence-corrected chi connectivity index (χ2v) is 6.85. The number of carboxylic acid groups (broad SMARTS) is 1. The number of nitrogens with one attached hydrogen (secondary N) is 1. The minimum atomic E-state index is -0.949. The van der Waals surface area contributed by atoms with Gasteiger partial charge in [-0.15, -0.1) is 10.2 Å². The van der Waals surface area contributed by atoms with Gasteiger partial charge in [0.05, 0.1) is 25.7 Å². The highest BCUT2D eigenvalue weighted by molar-refractivity contribution is 5.80. The SMILES string of the molecule is CCCC(NC(=O)CN1Cc2nnc(C)n2CC1C(=O)O)c1ccccc1. The van der Waals surface area contributed by atoms with Crippen LogP contribution in [0.4, 0.5) is 0 Å². The maximum Gasteiger partial charge on any atom is 0.322 e. The van der Waals surface area contributed by atoms with Gasteiger partial charge in [-0.25, -0.2) is 0 Å². The highest BCUT2D eigenvalue weighted by atomic mass is 16.4. The van der Waals surface area contributed by atoms with Crippen molar-refractivity contribution >= 4 is 11.9 Å². The van der Waals surface area contributed by atoms with Crippen LogP contribution in [0.25, 0.3) is 0 Å². The summed E-state index contributed by atoms with van der Waals surface area (Å²) in [5.74, 6) is 0.237. The number of hydrogen-bond donors (Lipinski definition) is 2. The summed E-state index contributed by atoms with van der Waals surface area (Å²) in [5.41, 5.74) is 1.05. The molecule has 0 saturated carbocycles. The summed E-state index contributed by atoms with van der Waals surface area (Å²) in [7, 11) is 0. The van der Waals surface area contributed by atoms with Gasteiger partial charge < -0.3 is 15.0 Å². The van der Waals surface area contributed by atoms with Crippen LogP contribution in [0.1, 0.15) is 43.0 Å². The molecule has 1 aliphatic heterocycles. The lowest BCUT2D eigenvalue weighted by Gasteiger charge is -2.33. The maximum absolute atomic E-state index is 12.7. The Morgan fingerprint density at radius 2 is 2.04 bits per heavy atom. The second-order valence-electron chi connectivity index (χ2n) is 6.85. The molecule has 0 aliphatic carbocycles. The van der Waals surface area contributed by atoms with Crippen molar-refractivity contribution in [1.29, 1.82) is 0 Å². The highest BCUT2D eigenvalue weighted by Gasteiger charge is 2.34. The van der Waals surface area contributed by atoms with E-state index in [0.717, 1.165) is 18.4 Å². The zero-order valence-corrected chi connectivity index (χ0v) is 15.6. The molecular formula is C19H25N5O3. The van der Waals surface area contributed by atoms with Crippen molar-refractivity contribution in [3.63, 3.8) is 0 Å². The average Bonchev–Trinajstić information content (AvgIpc) is 3.01. The smallest absolute Gasteiger partial charge is 0.322 e. The van der Waals surface area contributed by atoms with E-state index in [2.05, 4.69) is 22.4 Å². The number of carboxylic acids is 1. The number of hydrogen-bond acceptors (Lipinski definition) is 5. The van der Waals surface area contributed by atoms with Gasteiger partial charge in [0.15, 0.2) is 0 Å². The fourth-order valence-corrected chi connectivity index (χ4v) is 3.48. The summed E-state index contributed by atoms with van der Waals surface area (Å²) in [6.45, 7) is 4.41. The van der Waals surface area contributed by atoms with Crippen LogP contribution in [0.5, 0.6) is 0 Å². The molecule has 0 bridgehead atoms. The third kappa shape index (κ3) is 4.33. The third-order valence-electron chi connectivity index (χ3n) is 4.90. The Morgan fingerprint density at radius 3 is 2.70 bits per heavy atom. The highest BCUT2D eigenvalue weighted by Crippen LogP contribution is 2.20. The number of aromatic nitrogens is 3. The lowest BCUT2D eigenvalue weighted by molar-refractivity contribution is -0.145. The number of amides is 1. The fraction of sp³-hybridized carbons (Fsp3) is 0.474. The van der Waals surface area contributed by atoms with Crippen LogP contribution in [0.3, 0.4) is 0 Å². The Labute approximate surface area is 158 Å². The topological polar surface area (TPSA) is 100 Å². The van der Waals surface area contributed by atoms with E-state index in [1.807, 2.05) is 30.3 Å². The van der Waals surface area contributed by atoms with E-state index in [-0.39, 0.29) is 31.6 Å². The zero-order chi connectivity index (χ0) is 19.4. The molecule has 0 radical (unpaired) electrons. The largest absolute Gasteiger partial charge is 0.480 e. The average molecular weight is 371 g/mol. The van der Waals surface area contributed by atoms with Crippen molar-refractivity contribution in [2.45, 2.75) is 51.9 Å². The number of aliphatic carboxylic acids is 1. The van der Waals surface area contributed by atoms with E-state index in [1.54, 1.807) is 16.4 Å². The van der Waals surface area contributed by atoms with Crippen molar-refractivity contribution in [2.75, 3.05) is 6.54 Å². The van der Waals surface area contributed by atoms with Crippen LogP contribution >= 0.6 is 0 Å². The standard InChI is InChI=1S/C19H25N5O3/c1-3-7-15(14-8-5-4-6-9-14)20-18(25)12-23-11-17-22-21-13(2)24(17)10-16(23)19(26)27/h4-6,8-9,15-16H,3,7,10-12H2,1-2H3,(H,20,25)(H,26,27). The van der Waals surface area contributed by atoms with Crippen LogP contribution in [0, 0.1) is 6.92 Å². The Morgan fingerprint density at radius 1 is 1.30 bits per heavy atom. The number of rotatable bonds is 7. The van der Waals surface area contributed by atoms with Gasteiger partial charge in [-0.2, -0.15) is 0 Å². The molecule has 1 amide bonds. The number of carbonyl (C=O) groups excluding carboxylic acids is 1. The van der Waals surface area contributed by atoms with E-state index >= 15 is 0 Å². The first-order valence-corrected chi connectivity index (χ1v) is 9.19. The van der Waals surface area contributed by atoms with Crippen molar-refractivity contribution in [1.82, 2.24) is 25.0 Å². The normalized spacial score (nSPS) is 17.9. The monoisotopic (exact) mass is 371 g/mol. The van der Waals surface area contributed by atoms with Crippen LogP contribution in [-0.4, -0.2) is 49.2 Å². The minimum absolute atomic E-state index is 0.00984. The van der Waals surface area contributed by atoms with Crippen LogP contribution < -0.4 is 5.32 Å². The van der Waals surface area contributed by atoms with E-state index in [1.165, 1.54) is 0 Å². The molecule has 2 unspecified atom stereocenters. The van der Waals surface area contributed by atoms with Gasteiger partial charge in [0.2, 0.25) is 5.91 Å². The van der Waals surface area contributed by atoms with Gasteiger partial charge in [-0.3, -0.25) is 14.5 Å². The first-order valence-electron chi connectivity index (χ1n) is 9.19. The predicted octanol–water partition coefficient (Wildman–Crippen LogP) is 1.51. The summed E-state index contributed by atoms with van der Waals surface area (Å²) < 4.78 is 1.80. The molecule has 2 atom stereocenters. The number of carbonyl (C=O) groups is 2. The summed E-state index contributed by atoms with van der Waals surface area (Å²) in [6.07, 6.45) is 1.76. The maximum atomic E-state index is 12.7. The van der Waals surface area contributed by atoms with Gasteiger partial charge in [0.25, 0.3) is 0 Å². The van der Waals surface area contributed by atoms with Crippen molar-refractivity contribution < 1.29 is 14.7 Å². The summed E-state index contributed by atoms with van der Waals surface area (Å²) in [4.78, 5) is 26.0. The molecule has 2 heterocycles. The number of benzene rings is 1. The van der Waals surface area contributed by atoms with Crippen LogP contribution in [-0.2, 0) is 22.7 Å². The number of nitrogens with zero attached hydrogens (tertiary/aromatic N) is 4. The molecule has 0 saturated heterocycles. The van der Waals surface area contributed by atoms with Crippen molar-refractivity contribution in [2.24, 2.45) is 0 Å². The molecule has 1 aliphatic rings. The summed E-state index contributed by atoms with van der Waals surface area (Å²) in [5, 5.41) is 20.7. The Hall–Kier alpha value is -2.74. The molecule has 2 N–H and O–H groups in total. The van der Waals surface area contributed by atoms with Gasteiger partial charge in [0, 0.05) is 0 Å². The van der Waals surface area contributed by atoms with Crippen molar-refractivity contribution in [3.05, 3.63) is 47.5 Å². The first kappa shape index (κ1) is 19.0. The summed E-state index contributed by atoms with van der Waals surface area (Å²) >= 11 is 0. The second kappa shape index (κ2) is 8.30. The van der Waals surface area contributed by atoms with E-state index in [4.69, 9.17) is 0 Å². The van der Waals surface area contributed by atoms with E-state index < -0.39 is 12.0 Å². The van der Waals surface area contributed by atoms with E-state index in [9.17, 15) is 14.7 Å². The number of aryl methyl sites for hydroxylation is 1. The molecule has 2 aromatic rings. The van der Waals surface area contributed by atoms with Crippen molar-refractivity contribution in [3.8, 4) is 0 Å². The van der Waals surface area contributed by atoms with E-state index in [0.29, 0.717) is 11.6 Å². The lowest BCUT2D eigenvalue weighted by Crippen LogP contribution is -2.51. The molecule has 27 heavy (non-hydrogen) atoms. The third-order valence-corrected chi connectivity index (χ3v) is 4.90. The molecule has 0 spiro atoms. The predicted molar refractivity (Wildman–Crippen MR) is 98.8 cm³/mol. The Bertz CT molecular complexity index is 805. The number of fused-ring (bicyclic) bond motifs is 1. The van der Waals surface area contributed by atoms with Crippen LogP contribution in [0.2, 0.25) is 0 Å². The molecule has 1 aromatic carbocycles. The van der Waals surface area contributed by atoms with Crippen LogP contribution in [0.15, 0.2) is 30.3 Å². The summed E-state index contributed by atoms with van der Waals surface area (Å²) in [6, 6.07) is 8.97. The fourth-order valence-electron chi connectivity index (χ4n) is 3.48. The molecule has 0 fully saturated rings. The van der Waals surface area contributed by atoms with Gasteiger partial charge in [0.1, 0.15) is 17.7 Å². The lowest BCUT2D eigenvalue weighted by atomic mass is 10.0. The molecule has 8 nitrogen and oxygen atoms in total. The molecule has 3 rings (SSSR count). The molecule has 1 aromatic heterocycles.